The number of nitrogens with zero attached hydrogens (tertiary/aromatic N) is 2. The van der Waals surface area contributed by atoms with Crippen LogP contribution in [-0.4, -0.2) is 16.4 Å². The molecule has 18 heavy (non-hydrogen) atoms. The summed E-state index contributed by atoms with van der Waals surface area (Å²) in [5.74, 6) is 0.864. The first kappa shape index (κ1) is 12.6. The smallest absolute Gasteiger partial charge is 0.124 e. The fraction of sp³-hybridized carbons (Fsp3) is 0.357. The van der Waals surface area contributed by atoms with Gasteiger partial charge in [0.25, 0.3) is 0 Å². The van der Waals surface area contributed by atoms with Gasteiger partial charge in [0.05, 0.1) is 6.54 Å². The second-order valence-electron chi connectivity index (χ2n) is 4.45. The third kappa shape index (κ3) is 3.11. The standard InChI is InChI=1S/C14H19N3O/c1-11-4-5-14(13(10-11)12(2)15)18-9-8-17-7-3-6-16-17/h3-7,10,12H,8-9,15H2,1-2H3. The highest BCUT2D eigenvalue weighted by molar-refractivity contribution is 5.38. The minimum atomic E-state index is -0.0235. The lowest BCUT2D eigenvalue weighted by atomic mass is 10.1. The van der Waals surface area contributed by atoms with Crippen LogP contribution in [0.5, 0.6) is 5.75 Å². The van der Waals surface area contributed by atoms with Crippen LogP contribution in [0.4, 0.5) is 0 Å². The van der Waals surface area contributed by atoms with Crippen molar-refractivity contribution in [1.82, 2.24) is 9.78 Å². The molecule has 4 nitrogen and oxygen atoms in total. The van der Waals surface area contributed by atoms with E-state index in [0.29, 0.717) is 6.61 Å². The Morgan fingerprint density at radius 2 is 2.28 bits per heavy atom. The average molecular weight is 245 g/mol. The van der Waals surface area contributed by atoms with E-state index < -0.39 is 0 Å². The average Bonchev–Trinajstić information content (AvgIpc) is 2.84. The summed E-state index contributed by atoms with van der Waals surface area (Å²) in [5.41, 5.74) is 8.20. The summed E-state index contributed by atoms with van der Waals surface area (Å²) in [7, 11) is 0. The molecule has 0 saturated heterocycles. The number of hydrogen-bond donors (Lipinski definition) is 1. The number of aromatic nitrogens is 2. The van der Waals surface area contributed by atoms with E-state index in [4.69, 9.17) is 10.5 Å². The molecule has 1 unspecified atom stereocenters. The summed E-state index contributed by atoms with van der Waals surface area (Å²) in [4.78, 5) is 0. The molecule has 0 spiro atoms. The molecule has 0 aliphatic rings. The number of ether oxygens (including phenoxy) is 1. The molecule has 1 aromatic carbocycles. The third-order valence-corrected chi connectivity index (χ3v) is 2.79. The molecule has 0 aliphatic heterocycles. The lowest BCUT2D eigenvalue weighted by Crippen LogP contribution is -2.12. The largest absolute Gasteiger partial charge is 0.491 e. The van der Waals surface area contributed by atoms with E-state index in [0.717, 1.165) is 17.9 Å². The first-order valence-corrected chi connectivity index (χ1v) is 6.13. The predicted molar refractivity (Wildman–Crippen MR) is 71.5 cm³/mol. The Hall–Kier alpha value is -1.81. The van der Waals surface area contributed by atoms with Gasteiger partial charge in [-0.15, -0.1) is 0 Å². The Morgan fingerprint density at radius 3 is 2.94 bits per heavy atom. The first-order chi connectivity index (χ1) is 8.66. The van der Waals surface area contributed by atoms with Gasteiger partial charge in [-0.25, -0.2) is 0 Å². The first-order valence-electron chi connectivity index (χ1n) is 6.13. The van der Waals surface area contributed by atoms with Gasteiger partial charge in [-0.05, 0) is 26.0 Å². The molecule has 96 valence electrons. The van der Waals surface area contributed by atoms with Crippen molar-refractivity contribution in [3.05, 3.63) is 47.8 Å². The maximum Gasteiger partial charge on any atom is 0.124 e. The van der Waals surface area contributed by atoms with Crippen LogP contribution in [-0.2, 0) is 6.54 Å². The second kappa shape index (κ2) is 5.69. The quantitative estimate of drug-likeness (QED) is 0.879. The van der Waals surface area contributed by atoms with E-state index in [1.165, 1.54) is 5.56 Å². The van der Waals surface area contributed by atoms with Gasteiger partial charge in [0, 0.05) is 24.0 Å². The van der Waals surface area contributed by atoms with Gasteiger partial charge in [-0.3, -0.25) is 4.68 Å². The van der Waals surface area contributed by atoms with Crippen molar-refractivity contribution in [2.24, 2.45) is 5.73 Å². The maximum atomic E-state index is 5.95. The number of hydrogen-bond acceptors (Lipinski definition) is 3. The van der Waals surface area contributed by atoms with Crippen LogP contribution in [0.1, 0.15) is 24.1 Å². The second-order valence-corrected chi connectivity index (χ2v) is 4.45. The molecule has 0 bridgehead atoms. The zero-order valence-electron chi connectivity index (χ0n) is 10.8. The lowest BCUT2D eigenvalue weighted by Gasteiger charge is -2.14. The normalized spacial score (nSPS) is 12.4. The minimum absolute atomic E-state index is 0.0235. The Bertz CT molecular complexity index is 492. The number of aryl methyl sites for hydroxylation is 1. The summed E-state index contributed by atoms with van der Waals surface area (Å²) < 4.78 is 7.63. The zero-order valence-corrected chi connectivity index (χ0v) is 10.8. The molecule has 4 heteroatoms. The molecule has 0 radical (unpaired) electrons. The van der Waals surface area contributed by atoms with E-state index in [1.807, 2.05) is 36.0 Å². The fourth-order valence-corrected chi connectivity index (χ4v) is 1.84. The molecule has 0 saturated carbocycles. The van der Waals surface area contributed by atoms with Crippen molar-refractivity contribution >= 4 is 0 Å². The SMILES string of the molecule is Cc1ccc(OCCn2cccn2)c(C(C)N)c1. The van der Waals surface area contributed by atoms with Crippen LogP contribution in [0.15, 0.2) is 36.7 Å². The molecule has 2 rings (SSSR count). The van der Waals surface area contributed by atoms with Crippen LogP contribution in [0, 0.1) is 6.92 Å². The molecular formula is C14H19N3O. The molecule has 1 atom stereocenters. The topological polar surface area (TPSA) is 53.1 Å². The van der Waals surface area contributed by atoms with Gasteiger partial charge in [-0.1, -0.05) is 17.7 Å². The molecule has 1 aromatic heterocycles. The summed E-state index contributed by atoms with van der Waals surface area (Å²) in [6.07, 6.45) is 3.68. The number of rotatable bonds is 5. The molecule has 2 N–H and O–H groups in total. The lowest BCUT2D eigenvalue weighted by molar-refractivity contribution is 0.287. The Labute approximate surface area is 107 Å². The molecule has 0 amide bonds. The summed E-state index contributed by atoms with van der Waals surface area (Å²) in [6.45, 7) is 5.35. The van der Waals surface area contributed by atoms with Crippen LogP contribution in [0.2, 0.25) is 0 Å². The van der Waals surface area contributed by atoms with Crippen LogP contribution < -0.4 is 10.5 Å². The van der Waals surface area contributed by atoms with E-state index in [9.17, 15) is 0 Å². The van der Waals surface area contributed by atoms with Crippen LogP contribution in [0.3, 0.4) is 0 Å². The highest BCUT2D eigenvalue weighted by Crippen LogP contribution is 2.24. The van der Waals surface area contributed by atoms with Crippen molar-refractivity contribution in [3.63, 3.8) is 0 Å². The van der Waals surface area contributed by atoms with Crippen molar-refractivity contribution in [3.8, 4) is 5.75 Å². The Morgan fingerprint density at radius 1 is 1.44 bits per heavy atom. The Kier molecular flexibility index (Phi) is 3.99. The van der Waals surface area contributed by atoms with Crippen molar-refractivity contribution < 1.29 is 4.74 Å². The van der Waals surface area contributed by atoms with Crippen molar-refractivity contribution in [2.45, 2.75) is 26.4 Å². The number of nitrogens with two attached hydrogens (primary N) is 1. The summed E-state index contributed by atoms with van der Waals surface area (Å²) >= 11 is 0. The van der Waals surface area contributed by atoms with Gasteiger partial charge in [0.2, 0.25) is 0 Å². The maximum absolute atomic E-state index is 5.95. The van der Waals surface area contributed by atoms with Crippen LogP contribution >= 0.6 is 0 Å². The van der Waals surface area contributed by atoms with E-state index in [-0.39, 0.29) is 6.04 Å². The highest BCUT2D eigenvalue weighted by Gasteiger charge is 2.08. The fourth-order valence-electron chi connectivity index (χ4n) is 1.84. The third-order valence-electron chi connectivity index (χ3n) is 2.79. The predicted octanol–water partition coefficient (Wildman–Crippen LogP) is 2.29. The molecule has 2 aromatic rings. The molecule has 0 aliphatic carbocycles. The summed E-state index contributed by atoms with van der Waals surface area (Å²) in [5, 5.41) is 4.13. The summed E-state index contributed by atoms with van der Waals surface area (Å²) in [6, 6.07) is 7.98. The van der Waals surface area contributed by atoms with Gasteiger partial charge >= 0.3 is 0 Å². The van der Waals surface area contributed by atoms with E-state index in [1.54, 1.807) is 6.20 Å². The van der Waals surface area contributed by atoms with E-state index >= 15 is 0 Å². The van der Waals surface area contributed by atoms with Crippen molar-refractivity contribution in [2.75, 3.05) is 6.61 Å². The number of benzene rings is 1. The zero-order chi connectivity index (χ0) is 13.0. The van der Waals surface area contributed by atoms with Crippen LogP contribution in [0.25, 0.3) is 0 Å². The Balaban J connectivity index is 2.00. The molecule has 1 heterocycles. The van der Waals surface area contributed by atoms with Gasteiger partial charge < -0.3 is 10.5 Å². The van der Waals surface area contributed by atoms with Gasteiger partial charge in [0.1, 0.15) is 12.4 Å². The van der Waals surface area contributed by atoms with E-state index in [2.05, 4.69) is 18.1 Å². The molecular weight excluding hydrogens is 226 g/mol. The minimum Gasteiger partial charge on any atom is -0.491 e. The monoisotopic (exact) mass is 245 g/mol. The van der Waals surface area contributed by atoms with Gasteiger partial charge in [-0.2, -0.15) is 5.10 Å². The van der Waals surface area contributed by atoms with Gasteiger partial charge in [0.15, 0.2) is 0 Å². The molecule has 0 fully saturated rings. The highest BCUT2D eigenvalue weighted by atomic mass is 16.5. The van der Waals surface area contributed by atoms with Crippen molar-refractivity contribution in [1.29, 1.82) is 0 Å².